The maximum atomic E-state index is 4.65. The van der Waals surface area contributed by atoms with Gasteiger partial charge in [-0.05, 0) is 31.5 Å². The molecule has 1 heterocycles. The summed E-state index contributed by atoms with van der Waals surface area (Å²) in [6.45, 7) is 4.19. The Labute approximate surface area is 132 Å². The van der Waals surface area contributed by atoms with E-state index in [0.29, 0.717) is 0 Å². The highest BCUT2D eigenvalue weighted by molar-refractivity contribution is 9.10. The van der Waals surface area contributed by atoms with Gasteiger partial charge in [0.2, 0.25) is 0 Å². The number of hydrogen-bond donors (Lipinski definition) is 1. The van der Waals surface area contributed by atoms with Gasteiger partial charge in [0.25, 0.3) is 0 Å². The third-order valence-electron chi connectivity index (χ3n) is 3.03. The first-order valence-corrected chi connectivity index (χ1v) is 8.34. The van der Waals surface area contributed by atoms with Crippen molar-refractivity contribution in [3.05, 3.63) is 45.8 Å². The first kappa shape index (κ1) is 15.3. The molecular weight excluding hydrogens is 334 g/mol. The molecule has 106 valence electrons. The molecule has 0 atom stereocenters. The molecule has 2 rings (SSSR count). The lowest BCUT2D eigenvalue weighted by molar-refractivity contribution is 0.920. The van der Waals surface area contributed by atoms with Crippen molar-refractivity contribution in [1.29, 1.82) is 0 Å². The second-order valence-electron chi connectivity index (χ2n) is 4.41. The van der Waals surface area contributed by atoms with Crippen LogP contribution in [0.1, 0.15) is 24.0 Å². The summed E-state index contributed by atoms with van der Waals surface area (Å²) in [5, 5.41) is 3.15. The minimum absolute atomic E-state index is 0.776. The zero-order valence-electron chi connectivity index (χ0n) is 11.9. The van der Waals surface area contributed by atoms with Crippen molar-refractivity contribution in [3.63, 3.8) is 0 Å². The maximum Gasteiger partial charge on any atom is 0.141 e. The van der Waals surface area contributed by atoms with Gasteiger partial charge in [0, 0.05) is 27.7 Å². The smallest absolute Gasteiger partial charge is 0.141 e. The van der Waals surface area contributed by atoms with Crippen LogP contribution in [0.25, 0.3) is 0 Å². The number of rotatable bonds is 5. The summed E-state index contributed by atoms with van der Waals surface area (Å²) < 4.78 is 1.09. The van der Waals surface area contributed by atoms with E-state index in [4.69, 9.17) is 0 Å². The van der Waals surface area contributed by atoms with E-state index in [1.165, 1.54) is 4.90 Å². The first-order valence-electron chi connectivity index (χ1n) is 6.56. The molecule has 0 spiro atoms. The highest BCUT2D eigenvalue weighted by Crippen LogP contribution is 2.25. The summed E-state index contributed by atoms with van der Waals surface area (Å²) in [6.07, 6.45) is 0.928. The Morgan fingerprint density at radius 3 is 2.75 bits per heavy atom. The minimum Gasteiger partial charge on any atom is -0.373 e. The number of nitrogens with one attached hydrogen (secondary N) is 1. The number of hydrogen-bond acceptors (Lipinski definition) is 4. The molecular formula is C15H18BrN3S. The van der Waals surface area contributed by atoms with Crippen molar-refractivity contribution >= 4 is 33.5 Å². The molecule has 0 aliphatic rings. The van der Waals surface area contributed by atoms with Crippen LogP contribution in [-0.4, -0.2) is 17.0 Å². The lowest BCUT2D eigenvalue weighted by Gasteiger charge is -2.11. The molecule has 0 amide bonds. The Morgan fingerprint density at radius 1 is 1.30 bits per heavy atom. The van der Waals surface area contributed by atoms with Crippen molar-refractivity contribution in [2.24, 2.45) is 0 Å². The van der Waals surface area contributed by atoms with Crippen LogP contribution in [0.3, 0.4) is 0 Å². The number of aryl methyl sites for hydroxylation is 1. The molecule has 1 aromatic carbocycles. The van der Waals surface area contributed by atoms with Gasteiger partial charge in [-0.1, -0.05) is 28.9 Å². The van der Waals surface area contributed by atoms with E-state index in [0.717, 1.165) is 39.5 Å². The Bertz CT molecular complexity index is 576. The van der Waals surface area contributed by atoms with Gasteiger partial charge >= 0.3 is 0 Å². The van der Waals surface area contributed by atoms with Crippen molar-refractivity contribution in [1.82, 2.24) is 9.97 Å². The fraction of sp³-hybridized carbons (Fsp3) is 0.333. The van der Waals surface area contributed by atoms with Crippen LogP contribution in [0, 0.1) is 6.92 Å². The molecule has 0 radical (unpaired) electrons. The fourth-order valence-corrected chi connectivity index (χ4v) is 3.33. The summed E-state index contributed by atoms with van der Waals surface area (Å²) in [6, 6.07) is 8.28. The van der Waals surface area contributed by atoms with Crippen LogP contribution < -0.4 is 5.32 Å². The number of thioether (sulfide) groups is 1. The number of halogens is 1. The van der Waals surface area contributed by atoms with Crippen LogP contribution in [-0.2, 0) is 12.2 Å². The van der Waals surface area contributed by atoms with E-state index in [9.17, 15) is 0 Å². The largest absolute Gasteiger partial charge is 0.373 e. The number of benzene rings is 1. The van der Waals surface area contributed by atoms with Gasteiger partial charge in [0.1, 0.15) is 11.6 Å². The van der Waals surface area contributed by atoms with Gasteiger partial charge in [-0.25, -0.2) is 9.97 Å². The second kappa shape index (κ2) is 7.09. The third-order valence-corrected chi connectivity index (χ3v) is 4.51. The number of anilines is 1. The van der Waals surface area contributed by atoms with Crippen LogP contribution in [0.2, 0.25) is 0 Å². The molecule has 0 aliphatic heterocycles. The van der Waals surface area contributed by atoms with E-state index in [2.05, 4.69) is 57.2 Å². The zero-order chi connectivity index (χ0) is 14.5. The standard InChI is InChI=1S/C15H18BrN3S/c1-4-13-10(2)15(17-3)19-14(18-13)9-20-12-7-5-6-11(16)8-12/h5-8H,4,9H2,1-3H3,(H,17,18,19). The van der Waals surface area contributed by atoms with E-state index in [1.807, 2.05) is 19.2 Å². The van der Waals surface area contributed by atoms with Crippen molar-refractivity contribution < 1.29 is 0 Å². The second-order valence-corrected chi connectivity index (χ2v) is 6.37. The van der Waals surface area contributed by atoms with Crippen LogP contribution in [0.5, 0.6) is 0 Å². The van der Waals surface area contributed by atoms with Gasteiger partial charge in [0.05, 0.1) is 5.75 Å². The quantitative estimate of drug-likeness (QED) is 0.807. The topological polar surface area (TPSA) is 37.8 Å². The third kappa shape index (κ3) is 3.73. The average molecular weight is 352 g/mol. The highest BCUT2D eigenvalue weighted by atomic mass is 79.9. The lowest BCUT2D eigenvalue weighted by Crippen LogP contribution is -2.06. The number of nitrogens with zero attached hydrogens (tertiary/aromatic N) is 2. The van der Waals surface area contributed by atoms with E-state index in [-0.39, 0.29) is 0 Å². The molecule has 0 saturated carbocycles. The predicted molar refractivity (Wildman–Crippen MR) is 89.4 cm³/mol. The fourth-order valence-electron chi connectivity index (χ4n) is 1.97. The molecule has 0 aliphatic carbocycles. The van der Waals surface area contributed by atoms with Gasteiger partial charge in [-0.2, -0.15) is 0 Å². The van der Waals surface area contributed by atoms with Gasteiger partial charge in [-0.3, -0.25) is 0 Å². The summed E-state index contributed by atoms with van der Waals surface area (Å²) in [7, 11) is 1.90. The lowest BCUT2D eigenvalue weighted by atomic mass is 10.2. The molecule has 2 aromatic rings. The highest BCUT2D eigenvalue weighted by Gasteiger charge is 2.09. The number of aromatic nitrogens is 2. The van der Waals surface area contributed by atoms with Gasteiger partial charge in [-0.15, -0.1) is 11.8 Å². The van der Waals surface area contributed by atoms with E-state index in [1.54, 1.807) is 11.8 Å². The average Bonchev–Trinajstić information content (AvgIpc) is 2.46. The Hall–Kier alpha value is -1.07. The minimum atomic E-state index is 0.776. The predicted octanol–water partition coefficient (Wildman–Crippen LogP) is 4.44. The maximum absolute atomic E-state index is 4.65. The summed E-state index contributed by atoms with van der Waals surface area (Å²) in [4.78, 5) is 10.5. The molecule has 0 unspecified atom stereocenters. The van der Waals surface area contributed by atoms with Crippen LogP contribution in [0.4, 0.5) is 5.82 Å². The molecule has 0 fully saturated rings. The van der Waals surface area contributed by atoms with Crippen LogP contribution >= 0.6 is 27.7 Å². The van der Waals surface area contributed by atoms with Crippen LogP contribution in [0.15, 0.2) is 33.6 Å². The SMILES string of the molecule is CCc1nc(CSc2cccc(Br)c2)nc(NC)c1C. The molecule has 0 bridgehead atoms. The molecule has 3 nitrogen and oxygen atoms in total. The summed E-state index contributed by atoms with van der Waals surface area (Å²) >= 11 is 5.24. The summed E-state index contributed by atoms with van der Waals surface area (Å²) in [5.74, 6) is 2.58. The zero-order valence-corrected chi connectivity index (χ0v) is 14.3. The van der Waals surface area contributed by atoms with Gasteiger partial charge in [0.15, 0.2) is 0 Å². The van der Waals surface area contributed by atoms with Crippen molar-refractivity contribution in [3.8, 4) is 0 Å². The van der Waals surface area contributed by atoms with Gasteiger partial charge < -0.3 is 5.32 Å². The monoisotopic (exact) mass is 351 g/mol. The Kier molecular flexibility index (Phi) is 5.43. The Morgan fingerprint density at radius 2 is 2.10 bits per heavy atom. The van der Waals surface area contributed by atoms with Crippen molar-refractivity contribution in [2.45, 2.75) is 30.9 Å². The molecule has 5 heteroatoms. The molecule has 20 heavy (non-hydrogen) atoms. The van der Waals surface area contributed by atoms with Crippen molar-refractivity contribution in [2.75, 3.05) is 12.4 Å². The van der Waals surface area contributed by atoms with E-state index >= 15 is 0 Å². The molecule has 1 N–H and O–H groups in total. The summed E-state index contributed by atoms with van der Waals surface area (Å²) in [5.41, 5.74) is 2.26. The molecule has 1 aromatic heterocycles. The first-order chi connectivity index (χ1) is 9.63. The normalized spacial score (nSPS) is 10.6. The molecule has 0 saturated heterocycles. The Balaban J connectivity index is 2.17. The van der Waals surface area contributed by atoms with E-state index < -0.39 is 0 Å².